The molecule has 2 heterocycles. The first-order chi connectivity index (χ1) is 11.6. The van der Waals surface area contributed by atoms with E-state index in [1.807, 2.05) is 18.2 Å². The number of nitrogens with one attached hydrogen (secondary N) is 1. The van der Waals surface area contributed by atoms with E-state index in [0.29, 0.717) is 11.3 Å². The molecule has 4 aromatic rings. The van der Waals surface area contributed by atoms with Crippen LogP contribution in [0, 0.1) is 0 Å². The van der Waals surface area contributed by atoms with Crippen molar-refractivity contribution in [2.75, 3.05) is 5.32 Å². The number of carboxylic acids is 1. The van der Waals surface area contributed by atoms with Crippen LogP contribution < -0.4 is 5.32 Å². The Labute approximate surface area is 140 Å². The van der Waals surface area contributed by atoms with Gasteiger partial charge < -0.3 is 14.8 Å². The highest BCUT2D eigenvalue weighted by Gasteiger charge is 2.13. The molecule has 24 heavy (non-hydrogen) atoms. The second-order valence-electron chi connectivity index (χ2n) is 5.27. The fourth-order valence-corrected chi connectivity index (χ4v) is 3.39. The van der Waals surface area contributed by atoms with E-state index < -0.39 is 5.97 Å². The molecule has 0 atom stereocenters. The van der Waals surface area contributed by atoms with Crippen molar-refractivity contribution in [3.05, 3.63) is 65.2 Å². The molecule has 2 aromatic carbocycles. The molecule has 118 valence electrons. The number of carboxylic acid groups (broad SMARTS) is 1. The fourth-order valence-electron chi connectivity index (χ4n) is 2.51. The van der Waals surface area contributed by atoms with Gasteiger partial charge >= 0.3 is 5.97 Å². The van der Waals surface area contributed by atoms with Gasteiger partial charge in [0, 0.05) is 15.8 Å². The molecular formula is C18H11NO4S. The molecule has 5 nitrogen and oxygen atoms in total. The lowest BCUT2D eigenvalue weighted by molar-refractivity contribution is 0.0702. The van der Waals surface area contributed by atoms with Crippen molar-refractivity contribution >= 4 is 50.0 Å². The normalized spacial score (nSPS) is 11.0. The van der Waals surface area contributed by atoms with Gasteiger partial charge in [-0.25, -0.2) is 4.79 Å². The maximum atomic E-state index is 12.3. The molecule has 0 saturated carbocycles. The standard InChI is InChI=1S/C18H11NO4S/c20-17(14-8-10-3-1-2-4-13(10)23-14)19-12-5-6-15-11(7-12)9-16(24-15)18(21)22/h1-9H,(H,19,20)(H,21,22). The van der Waals surface area contributed by atoms with Gasteiger partial charge in [-0.1, -0.05) is 18.2 Å². The molecule has 0 bridgehead atoms. The number of furan rings is 1. The smallest absolute Gasteiger partial charge is 0.345 e. The molecule has 0 aliphatic carbocycles. The number of carbonyl (C=O) groups is 2. The second kappa shape index (κ2) is 5.50. The second-order valence-corrected chi connectivity index (χ2v) is 6.35. The molecule has 0 spiro atoms. The predicted octanol–water partition coefficient (Wildman–Crippen LogP) is 4.60. The SMILES string of the molecule is O=C(Nc1ccc2sc(C(=O)O)cc2c1)c1cc2ccccc2o1. The highest BCUT2D eigenvalue weighted by molar-refractivity contribution is 7.20. The quantitative estimate of drug-likeness (QED) is 0.573. The molecule has 0 aliphatic rings. The van der Waals surface area contributed by atoms with Crippen molar-refractivity contribution in [2.24, 2.45) is 0 Å². The minimum absolute atomic E-state index is 0.229. The first-order valence-corrected chi connectivity index (χ1v) is 7.98. The summed E-state index contributed by atoms with van der Waals surface area (Å²) in [6, 6.07) is 16.0. The molecule has 4 rings (SSSR count). The molecule has 0 fully saturated rings. The summed E-state index contributed by atoms with van der Waals surface area (Å²) in [5.41, 5.74) is 1.24. The lowest BCUT2D eigenvalue weighted by Crippen LogP contribution is -2.10. The van der Waals surface area contributed by atoms with Crippen molar-refractivity contribution in [1.29, 1.82) is 0 Å². The van der Waals surface area contributed by atoms with Gasteiger partial charge in [0.25, 0.3) is 5.91 Å². The zero-order chi connectivity index (χ0) is 16.7. The Bertz CT molecular complexity index is 1060. The van der Waals surface area contributed by atoms with Gasteiger partial charge in [-0.05, 0) is 41.8 Å². The van der Waals surface area contributed by atoms with E-state index in [1.54, 1.807) is 36.4 Å². The Balaban J connectivity index is 1.62. The number of rotatable bonds is 3. The summed E-state index contributed by atoms with van der Waals surface area (Å²) in [7, 11) is 0. The van der Waals surface area contributed by atoms with E-state index in [-0.39, 0.29) is 16.5 Å². The van der Waals surface area contributed by atoms with Crippen LogP contribution in [0.25, 0.3) is 21.1 Å². The zero-order valence-electron chi connectivity index (χ0n) is 12.3. The largest absolute Gasteiger partial charge is 0.477 e. The van der Waals surface area contributed by atoms with E-state index in [4.69, 9.17) is 9.52 Å². The average Bonchev–Trinajstić information content (AvgIpc) is 3.18. The number of para-hydroxylation sites is 1. The number of hydrogen-bond donors (Lipinski definition) is 2. The molecule has 0 radical (unpaired) electrons. The molecule has 0 saturated heterocycles. The number of carbonyl (C=O) groups excluding carboxylic acids is 1. The van der Waals surface area contributed by atoms with Crippen LogP contribution in [0.3, 0.4) is 0 Å². The van der Waals surface area contributed by atoms with Gasteiger partial charge in [0.2, 0.25) is 0 Å². The number of aromatic carboxylic acids is 1. The van der Waals surface area contributed by atoms with E-state index in [9.17, 15) is 9.59 Å². The van der Waals surface area contributed by atoms with Crippen molar-refractivity contribution in [3.8, 4) is 0 Å². The topological polar surface area (TPSA) is 79.5 Å². The predicted molar refractivity (Wildman–Crippen MR) is 93.0 cm³/mol. The Morgan fingerprint density at radius 2 is 1.83 bits per heavy atom. The summed E-state index contributed by atoms with van der Waals surface area (Å²) in [5, 5.41) is 13.5. The van der Waals surface area contributed by atoms with E-state index in [2.05, 4.69) is 5.32 Å². The van der Waals surface area contributed by atoms with Crippen LogP contribution in [0.15, 0.2) is 59.0 Å². The van der Waals surface area contributed by atoms with Gasteiger partial charge in [-0.3, -0.25) is 4.79 Å². The van der Waals surface area contributed by atoms with Crippen LogP contribution in [0.5, 0.6) is 0 Å². The van der Waals surface area contributed by atoms with Crippen LogP contribution in [0.1, 0.15) is 20.2 Å². The minimum Gasteiger partial charge on any atom is -0.477 e. The summed E-state index contributed by atoms with van der Waals surface area (Å²) in [6.45, 7) is 0. The van der Waals surface area contributed by atoms with Crippen LogP contribution >= 0.6 is 11.3 Å². The van der Waals surface area contributed by atoms with Gasteiger partial charge in [-0.15, -0.1) is 11.3 Å². The van der Waals surface area contributed by atoms with Gasteiger partial charge in [-0.2, -0.15) is 0 Å². The van der Waals surface area contributed by atoms with E-state index in [0.717, 1.165) is 15.5 Å². The Hall–Kier alpha value is -3.12. The number of thiophene rings is 1. The molecule has 1 amide bonds. The fraction of sp³-hybridized carbons (Fsp3) is 0. The summed E-state index contributed by atoms with van der Waals surface area (Å²) < 4.78 is 6.39. The molecule has 0 aliphatic heterocycles. The molecular weight excluding hydrogens is 326 g/mol. The van der Waals surface area contributed by atoms with Crippen molar-refractivity contribution < 1.29 is 19.1 Å². The van der Waals surface area contributed by atoms with E-state index >= 15 is 0 Å². The summed E-state index contributed by atoms with van der Waals surface area (Å²) in [4.78, 5) is 23.6. The molecule has 0 unspecified atom stereocenters. The van der Waals surface area contributed by atoms with Gasteiger partial charge in [0.05, 0.1) is 0 Å². The first-order valence-electron chi connectivity index (χ1n) is 7.17. The van der Waals surface area contributed by atoms with Crippen LogP contribution in [-0.2, 0) is 0 Å². The summed E-state index contributed by atoms with van der Waals surface area (Å²) in [6.07, 6.45) is 0. The van der Waals surface area contributed by atoms with Crippen LogP contribution in [0.4, 0.5) is 5.69 Å². The Morgan fingerprint density at radius 3 is 2.62 bits per heavy atom. The number of hydrogen-bond acceptors (Lipinski definition) is 4. The van der Waals surface area contributed by atoms with Crippen molar-refractivity contribution in [1.82, 2.24) is 0 Å². The third kappa shape index (κ3) is 2.53. The molecule has 6 heteroatoms. The molecule has 2 aromatic heterocycles. The average molecular weight is 337 g/mol. The van der Waals surface area contributed by atoms with Gasteiger partial charge in [0.1, 0.15) is 10.5 Å². The first kappa shape index (κ1) is 14.5. The highest BCUT2D eigenvalue weighted by atomic mass is 32.1. The zero-order valence-corrected chi connectivity index (χ0v) is 13.1. The van der Waals surface area contributed by atoms with Crippen LogP contribution in [0.2, 0.25) is 0 Å². The number of benzene rings is 2. The summed E-state index contributed by atoms with van der Waals surface area (Å²) in [5.74, 6) is -1.07. The van der Waals surface area contributed by atoms with Gasteiger partial charge in [0.15, 0.2) is 5.76 Å². The Kier molecular flexibility index (Phi) is 3.32. The lowest BCUT2D eigenvalue weighted by atomic mass is 10.2. The third-order valence-corrected chi connectivity index (χ3v) is 4.74. The van der Waals surface area contributed by atoms with Crippen LogP contribution in [-0.4, -0.2) is 17.0 Å². The molecule has 2 N–H and O–H groups in total. The summed E-state index contributed by atoms with van der Waals surface area (Å²) >= 11 is 1.20. The maximum absolute atomic E-state index is 12.3. The number of anilines is 1. The third-order valence-electron chi connectivity index (χ3n) is 3.63. The monoisotopic (exact) mass is 337 g/mol. The maximum Gasteiger partial charge on any atom is 0.345 e. The number of amides is 1. The highest BCUT2D eigenvalue weighted by Crippen LogP contribution is 2.28. The van der Waals surface area contributed by atoms with E-state index in [1.165, 1.54) is 11.3 Å². The lowest BCUT2D eigenvalue weighted by Gasteiger charge is -2.02. The van der Waals surface area contributed by atoms with Crippen molar-refractivity contribution in [2.45, 2.75) is 0 Å². The Morgan fingerprint density at radius 1 is 1.00 bits per heavy atom. The van der Waals surface area contributed by atoms with Crippen molar-refractivity contribution in [3.63, 3.8) is 0 Å². The minimum atomic E-state index is -0.955. The number of fused-ring (bicyclic) bond motifs is 2.